The first-order chi connectivity index (χ1) is 9.40. The van der Waals surface area contributed by atoms with Gasteiger partial charge in [-0.1, -0.05) is 5.16 Å². The first-order valence-corrected chi connectivity index (χ1v) is 5.61. The van der Waals surface area contributed by atoms with Gasteiger partial charge in [0, 0.05) is 31.1 Å². The van der Waals surface area contributed by atoms with E-state index in [9.17, 15) is 18.0 Å². The molecule has 5 nitrogen and oxygen atoms in total. The van der Waals surface area contributed by atoms with Crippen LogP contribution < -0.4 is 0 Å². The molecule has 0 aliphatic heterocycles. The number of methoxy groups -OCH3 is 1. The molecule has 0 saturated carbocycles. The van der Waals surface area contributed by atoms with Crippen molar-refractivity contribution in [3.8, 4) is 0 Å². The predicted octanol–water partition coefficient (Wildman–Crippen LogP) is 2.42. The summed E-state index contributed by atoms with van der Waals surface area (Å²) in [4.78, 5) is 11.0. The number of halogens is 3. The van der Waals surface area contributed by atoms with Crippen LogP contribution in [0.25, 0.3) is 0 Å². The first kappa shape index (κ1) is 14.3. The van der Waals surface area contributed by atoms with E-state index in [0.717, 1.165) is 12.3 Å². The van der Waals surface area contributed by atoms with Crippen molar-refractivity contribution in [1.29, 1.82) is 0 Å². The number of ketones is 1. The van der Waals surface area contributed by atoms with Crippen LogP contribution in [-0.4, -0.2) is 28.8 Å². The minimum absolute atomic E-state index is 0.207. The Morgan fingerprint density at radius 3 is 2.90 bits per heavy atom. The second-order valence-corrected chi connectivity index (χ2v) is 4.12. The lowest BCUT2D eigenvalue weighted by Crippen LogP contribution is -2.22. The number of ether oxygens (including phenoxy) is 1. The van der Waals surface area contributed by atoms with Crippen molar-refractivity contribution in [2.75, 3.05) is 7.11 Å². The number of hydrogen-bond acceptors (Lipinski definition) is 4. The average Bonchev–Trinajstić information content (AvgIpc) is 2.98. The Morgan fingerprint density at radius 1 is 1.50 bits per heavy atom. The molecular formula is C12H11F3N2O3. The Balaban J connectivity index is 2.07. The standard InChI is InChI=1S/C12H11F3N2O3/c1-19-7-10-4-9(16-20-10)6-17-3-2-8(5-17)11(18)12(13,14)15/h2-5H,6-7H2,1H3. The van der Waals surface area contributed by atoms with E-state index in [1.165, 1.54) is 17.9 Å². The normalized spacial score (nSPS) is 11.8. The van der Waals surface area contributed by atoms with Crippen molar-refractivity contribution in [3.05, 3.63) is 41.5 Å². The van der Waals surface area contributed by atoms with Gasteiger partial charge in [-0.2, -0.15) is 13.2 Å². The molecule has 0 spiro atoms. The number of nitrogens with zero attached hydrogens (tertiary/aromatic N) is 2. The van der Waals surface area contributed by atoms with E-state index >= 15 is 0 Å². The van der Waals surface area contributed by atoms with Crippen molar-refractivity contribution >= 4 is 5.78 Å². The molecule has 2 aromatic heterocycles. The minimum Gasteiger partial charge on any atom is -0.377 e. The van der Waals surface area contributed by atoms with Crippen molar-refractivity contribution < 1.29 is 27.2 Å². The fourth-order valence-electron chi connectivity index (χ4n) is 1.66. The van der Waals surface area contributed by atoms with E-state index in [0.29, 0.717) is 11.5 Å². The summed E-state index contributed by atoms with van der Waals surface area (Å²) >= 11 is 0. The van der Waals surface area contributed by atoms with Gasteiger partial charge in [0.05, 0.1) is 6.54 Å². The molecule has 0 N–H and O–H groups in total. The molecule has 2 aromatic rings. The number of aromatic nitrogens is 2. The van der Waals surface area contributed by atoms with Crippen LogP contribution in [0.1, 0.15) is 21.8 Å². The third kappa shape index (κ3) is 3.27. The number of carbonyl (C=O) groups excluding carboxylic acids is 1. The van der Waals surface area contributed by atoms with E-state index in [4.69, 9.17) is 9.26 Å². The molecule has 0 aliphatic rings. The Morgan fingerprint density at radius 2 is 2.25 bits per heavy atom. The molecule has 0 atom stereocenters. The highest BCUT2D eigenvalue weighted by molar-refractivity contribution is 6.00. The number of alkyl halides is 3. The zero-order chi connectivity index (χ0) is 14.8. The van der Waals surface area contributed by atoms with E-state index in [1.54, 1.807) is 6.07 Å². The molecule has 0 unspecified atom stereocenters. The average molecular weight is 288 g/mol. The highest BCUT2D eigenvalue weighted by Crippen LogP contribution is 2.21. The van der Waals surface area contributed by atoms with Crippen molar-refractivity contribution in [1.82, 2.24) is 9.72 Å². The van der Waals surface area contributed by atoms with Gasteiger partial charge in [0.15, 0.2) is 5.76 Å². The fourth-order valence-corrected chi connectivity index (χ4v) is 1.66. The lowest BCUT2D eigenvalue weighted by atomic mass is 10.2. The zero-order valence-corrected chi connectivity index (χ0v) is 10.5. The van der Waals surface area contributed by atoms with Crippen LogP contribution in [0.2, 0.25) is 0 Å². The van der Waals surface area contributed by atoms with E-state index in [1.807, 2.05) is 0 Å². The molecule has 0 bridgehead atoms. The molecule has 2 rings (SSSR count). The molecule has 0 radical (unpaired) electrons. The summed E-state index contributed by atoms with van der Waals surface area (Å²) in [6, 6.07) is 2.75. The van der Waals surface area contributed by atoms with Gasteiger partial charge < -0.3 is 13.8 Å². The monoisotopic (exact) mass is 288 g/mol. The van der Waals surface area contributed by atoms with Crippen LogP contribution in [0.15, 0.2) is 29.0 Å². The van der Waals surface area contributed by atoms with Gasteiger partial charge in [-0.25, -0.2) is 0 Å². The van der Waals surface area contributed by atoms with Crippen molar-refractivity contribution in [2.24, 2.45) is 0 Å². The molecule has 0 amide bonds. The summed E-state index contributed by atoms with van der Waals surface area (Å²) in [5.74, 6) is -1.35. The number of Topliss-reactive ketones (excluding diaryl/α,β-unsaturated/α-hetero) is 1. The summed E-state index contributed by atoms with van der Waals surface area (Å²) in [5, 5.41) is 3.75. The highest BCUT2D eigenvalue weighted by atomic mass is 19.4. The molecule has 20 heavy (non-hydrogen) atoms. The maximum absolute atomic E-state index is 12.3. The molecule has 8 heteroatoms. The van der Waals surface area contributed by atoms with E-state index < -0.39 is 17.5 Å². The van der Waals surface area contributed by atoms with E-state index in [-0.39, 0.29) is 13.2 Å². The van der Waals surface area contributed by atoms with Crippen LogP contribution in [-0.2, 0) is 17.9 Å². The maximum atomic E-state index is 12.3. The van der Waals surface area contributed by atoms with Gasteiger partial charge >= 0.3 is 6.18 Å². The highest BCUT2D eigenvalue weighted by Gasteiger charge is 2.39. The largest absolute Gasteiger partial charge is 0.454 e. The van der Waals surface area contributed by atoms with Gasteiger partial charge in [0.1, 0.15) is 12.3 Å². The Labute approximate surface area is 111 Å². The Hall–Kier alpha value is -2.09. The van der Waals surface area contributed by atoms with Crippen LogP contribution in [0.4, 0.5) is 13.2 Å². The van der Waals surface area contributed by atoms with Crippen molar-refractivity contribution in [3.63, 3.8) is 0 Å². The quantitative estimate of drug-likeness (QED) is 0.793. The molecule has 108 valence electrons. The molecule has 0 aromatic carbocycles. The molecule has 0 fully saturated rings. The van der Waals surface area contributed by atoms with Gasteiger partial charge in [-0.15, -0.1) is 0 Å². The van der Waals surface area contributed by atoms with Gasteiger partial charge in [0.25, 0.3) is 5.78 Å². The van der Waals surface area contributed by atoms with Gasteiger partial charge in [0.2, 0.25) is 0 Å². The molecule has 0 aliphatic carbocycles. The lowest BCUT2D eigenvalue weighted by Gasteiger charge is -2.02. The smallest absolute Gasteiger partial charge is 0.377 e. The zero-order valence-electron chi connectivity index (χ0n) is 10.5. The number of hydrogen-bond donors (Lipinski definition) is 0. The molecular weight excluding hydrogens is 277 g/mol. The maximum Gasteiger partial charge on any atom is 0.454 e. The summed E-state index contributed by atoms with van der Waals surface area (Å²) in [6.45, 7) is 0.467. The molecule has 2 heterocycles. The summed E-state index contributed by atoms with van der Waals surface area (Å²) in [5.41, 5.74) is 0.122. The number of carbonyl (C=O) groups is 1. The van der Waals surface area contributed by atoms with Crippen LogP contribution in [0.3, 0.4) is 0 Å². The Bertz CT molecular complexity index is 601. The first-order valence-electron chi connectivity index (χ1n) is 5.61. The summed E-state index contributed by atoms with van der Waals surface area (Å²) < 4.78 is 48.0. The SMILES string of the molecule is COCc1cc(Cn2ccc(C(=O)C(F)(F)F)c2)no1. The topological polar surface area (TPSA) is 57.3 Å². The summed E-state index contributed by atoms with van der Waals surface area (Å²) in [6.07, 6.45) is -2.37. The minimum atomic E-state index is -4.87. The summed E-state index contributed by atoms with van der Waals surface area (Å²) in [7, 11) is 1.50. The third-order valence-electron chi connectivity index (χ3n) is 2.51. The second-order valence-electron chi connectivity index (χ2n) is 4.12. The number of rotatable bonds is 5. The van der Waals surface area contributed by atoms with Crippen LogP contribution in [0, 0.1) is 0 Å². The lowest BCUT2D eigenvalue weighted by molar-refractivity contribution is -0.0885. The van der Waals surface area contributed by atoms with Gasteiger partial charge in [-0.05, 0) is 6.07 Å². The van der Waals surface area contributed by atoms with Crippen LogP contribution in [0.5, 0.6) is 0 Å². The fraction of sp³-hybridized carbons (Fsp3) is 0.333. The third-order valence-corrected chi connectivity index (χ3v) is 2.51. The molecule has 0 saturated heterocycles. The Kier molecular flexibility index (Phi) is 3.93. The second kappa shape index (κ2) is 5.49. The van der Waals surface area contributed by atoms with Crippen molar-refractivity contribution in [2.45, 2.75) is 19.3 Å². The van der Waals surface area contributed by atoms with E-state index in [2.05, 4.69) is 5.16 Å². The van der Waals surface area contributed by atoms with Crippen LogP contribution >= 0.6 is 0 Å². The van der Waals surface area contributed by atoms with Gasteiger partial charge in [-0.3, -0.25) is 4.79 Å². The predicted molar refractivity (Wildman–Crippen MR) is 61.1 cm³/mol.